The Bertz CT molecular complexity index is 1090. The van der Waals surface area contributed by atoms with Gasteiger partial charge in [-0.1, -0.05) is 29.5 Å². The van der Waals surface area contributed by atoms with Gasteiger partial charge < -0.3 is 4.74 Å². The van der Waals surface area contributed by atoms with Crippen LogP contribution in [0.25, 0.3) is 21.9 Å². The molecule has 3 aromatic rings. The molecule has 1 aromatic heterocycles. The number of rotatable bonds is 2. The van der Waals surface area contributed by atoms with Crippen molar-refractivity contribution in [2.75, 3.05) is 0 Å². The van der Waals surface area contributed by atoms with Crippen molar-refractivity contribution in [1.82, 2.24) is 0 Å². The summed E-state index contributed by atoms with van der Waals surface area (Å²) in [6.45, 7) is 4.51. The highest BCUT2D eigenvalue weighted by atomic mass is 32.1. The van der Waals surface area contributed by atoms with Crippen molar-refractivity contribution in [1.29, 1.82) is 0 Å². The highest BCUT2D eigenvalue weighted by Crippen LogP contribution is 2.35. The van der Waals surface area contributed by atoms with Gasteiger partial charge in [0.1, 0.15) is 22.8 Å². The van der Waals surface area contributed by atoms with Crippen LogP contribution in [0.4, 0.5) is 13.2 Å². The van der Waals surface area contributed by atoms with Crippen molar-refractivity contribution in [2.24, 2.45) is 0 Å². The number of fused-ring (bicyclic) bond motifs is 2. The lowest BCUT2D eigenvalue weighted by Crippen LogP contribution is -2.33. The van der Waals surface area contributed by atoms with Crippen molar-refractivity contribution in [3.63, 3.8) is 0 Å². The summed E-state index contributed by atoms with van der Waals surface area (Å²) in [5.41, 5.74) is 2.09. The topological polar surface area (TPSA) is 13.1 Å². The van der Waals surface area contributed by atoms with Crippen molar-refractivity contribution in [3.8, 4) is 5.75 Å². The lowest BCUT2D eigenvalue weighted by atomic mass is 10.0. The molecule has 0 bridgehead atoms. The average Bonchev–Trinajstić information content (AvgIpc) is 2.97. The number of hydrogen-bond donors (Lipinski definition) is 0. The molecular formula is C21H17F3NOS+. The van der Waals surface area contributed by atoms with E-state index in [4.69, 9.17) is 4.74 Å². The van der Waals surface area contributed by atoms with Crippen LogP contribution in [0.2, 0.25) is 0 Å². The third-order valence-electron chi connectivity index (χ3n) is 4.54. The summed E-state index contributed by atoms with van der Waals surface area (Å²) in [5, 5.41) is 0.852. The molecule has 4 rings (SSSR count). The Morgan fingerprint density at radius 2 is 1.93 bits per heavy atom. The highest BCUT2D eigenvalue weighted by Gasteiger charge is 2.32. The van der Waals surface area contributed by atoms with Gasteiger partial charge in [-0.15, -0.1) is 0 Å². The molecule has 0 radical (unpaired) electrons. The van der Waals surface area contributed by atoms with Crippen molar-refractivity contribution in [3.05, 3.63) is 70.4 Å². The zero-order chi connectivity index (χ0) is 19.2. The molecule has 0 saturated carbocycles. The van der Waals surface area contributed by atoms with Gasteiger partial charge in [0.25, 0.3) is 5.01 Å². The summed E-state index contributed by atoms with van der Waals surface area (Å²) in [6.07, 6.45) is -0.509. The molecule has 0 fully saturated rings. The van der Waals surface area contributed by atoms with Gasteiger partial charge in [0.15, 0.2) is 0 Å². The third-order valence-corrected chi connectivity index (χ3v) is 5.65. The van der Waals surface area contributed by atoms with E-state index in [0.717, 1.165) is 32.7 Å². The predicted octanol–water partition coefficient (Wildman–Crippen LogP) is 6.06. The van der Waals surface area contributed by atoms with Crippen LogP contribution in [-0.4, -0.2) is 0 Å². The van der Waals surface area contributed by atoms with Gasteiger partial charge in [-0.2, -0.15) is 17.7 Å². The van der Waals surface area contributed by atoms with E-state index in [9.17, 15) is 13.2 Å². The minimum Gasteiger partial charge on any atom is -0.456 e. The van der Waals surface area contributed by atoms with Gasteiger partial charge in [0.05, 0.1) is 11.6 Å². The lowest BCUT2D eigenvalue weighted by molar-refractivity contribution is -0.665. The van der Waals surface area contributed by atoms with Gasteiger partial charge in [-0.05, 0) is 43.7 Å². The molecule has 2 nitrogen and oxygen atoms in total. The van der Waals surface area contributed by atoms with Gasteiger partial charge in [0.2, 0.25) is 5.52 Å². The minimum atomic E-state index is -4.35. The maximum atomic E-state index is 13.1. The maximum Gasteiger partial charge on any atom is 0.416 e. The lowest BCUT2D eigenvalue weighted by Gasteiger charge is -2.17. The van der Waals surface area contributed by atoms with Crippen LogP contribution in [0.5, 0.6) is 5.75 Å². The van der Waals surface area contributed by atoms with Gasteiger partial charge in [-0.25, -0.2) is 0 Å². The number of alkyl halides is 3. The molecule has 6 heteroatoms. The molecule has 0 saturated heterocycles. The number of benzene rings is 2. The van der Waals surface area contributed by atoms with Gasteiger partial charge >= 0.3 is 6.18 Å². The Hall–Kier alpha value is -2.60. The Morgan fingerprint density at radius 3 is 2.67 bits per heavy atom. The summed E-state index contributed by atoms with van der Waals surface area (Å²) in [5.74, 6) is 1.46. The minimum absolute atomic E-state index is 0.569. The van der Waals surface area contributed by atoms with Crippen molar-refractivity contribution < 1.29 is 22.5 Å². The molecule has 1 aliphatic rings. The number of ether oxygens (including phenoxy) is 1. The van der Waals surface area contributed by atoms with Crippen LogP contribution in [0.15, 0.2) is 54.3 Å². The molecule has 0 spiro atoms. The quantitative estimate of drug-likeness (QED) is 0.486. The smallest absolute Gasteiger partial charge is 0.416 e. The molecule has 0 amide bonds. The normalized spacial score (nSPS) is 15.6. The number of hydrogen-bond acceptors (Lipinski definition) is 2. The summed E-state index contributed by atoms with van der Waals surface area (Å²) in [7, 11) is 0. The molecule has 138 valence electrons. The van der Waals surface area contributed by atoms with Crippen LogP contribution in [0.1, 0.15) is 30.0 Å². The average molecular weight is 388 g/mol. The number of aromatic nitrogens is 1. The number of nitrogens with zero attached hydrogens (tertiary/aromatic N) is 1. The molecule has 2 heterocycles. The fourth-order valence-corrected chi connectivity index (χ4v) is 4.38. The Kier molecular flexibility index (Phi) is 4.30. The van der Waals surface area contributed by atoms with Crippen molar-refractivity contribution >= 4 is 33.2 Å². The summed E-state index contributed by atoms with van der Waals surface area (Å²) >= 11 is 1.45. The number of allylic oxidation sites excluding steroid dienone is 2. The first kappa shape index (κ1) is 17.8. The number of halogens is 3. The van der Waals surface area contributed by atoms with E-state index in [1.165, 1.54) is 23.5 Å². The Balaban J connectivity index is 1.81. The third kappa shape index (κ3) is 3.25. The molecule has 0 N–H and O–H groups in total. The van der Waals surface area contributed by atoms with E-state index in [2.05, 4.69) is 0 Å². The van der Waals surface area contributed by atoms with Crippen LogP contribution in [0.3, 0.4) is 0 Å². The molecule has 0 atom stereocenters. The molecule has 0 aliphatic carbocycles. The van der Waals surface area contributed by atoms with Gasteiger partial charge in [-0.3, -0.25) is 0 Å². The molecular weight excluding hydrogens is 371 g/mol. The van der Waals surface area contributed by atoms with E-state index in [-0.39, 0.29) is 0 Å². The molecule has 1 aliphatic heterocycles. The van der Waals surface area contributed by atoms with Gasteiger partial charge in [0, 0.05) is 11.6 Å². The molecule has 27 heavy (non-hydrogen) atoms. The van der Waals surface area contributed by atoms with Crippen LogP contribution in [-0.2, 0) is 12.7 Å². The number of aryl methyl sites for hydroxylation is 1. The molecule has 0 unspecified atom stereocenters. The van der Waals surface area contributed by atoms with Crippen molar-refractivity contribution in [2.45, 2.75) is 26.6 Å². The standard InChI is InChI=1S/C21H17F3NOS/c1-3-25-17-11-14(21(22,23)24)8-9-19(17)27-20(25)12-15-10-13(2)16-6-4-5-7-18(16)26-15/h4-12H,3H2,1-2H3/q+1. The molecule has 2 aromatic carbocycles. The predicted molar refractivity (Wildman–Crippen MR) is 101 cm³/mol. The van der Waals surface area contributed by atoms with E-state index < -0.39 is 11.7 Å². The number of thiazole rings is 1. The van der Waals surface area contributed by atoms with E-state index in [1.54, 1.807) is 0 Å². The Morgan fingerprint density at radius 1 is 1.15 bits per heavy atom. The van der Waals surface area contributed by atoms with E-state index in [0.29, 0.717) is 17.8 Å². The maximum absolute atomic E-state index is 13.1. The Labute approximate surface area is 158 Å². The fraction of sp³-hybridized carbons (Fsp3) is 0.190. The fourth-order valence-electron chi connectivity index (χ4n) is 3.23. The first-order valence-corrected chi connectivity index (χ1v) is 9.39. The highest BCUT2D eigenvalue weighted by molar-refractivity contribution is 7.18. The summed E-state index contributed by atoms with van der Waals surface area (Å²) in [6, 6.07) is 11.7. The number of para-hydroxylation sites is 1. The van der Waals surface area contributed by atoms with E-state index in [1.807, 2.05) is 54.8 Å². The second-order valence-electron chi connectivity index (χ2n) is 6.34. The second kappa shape index (κ2) is 6.53. The van der Waals surface area contributed by atoms with Crippen LogP contribution < -0.4 is 9.30 Å². The largest absolute Gasteiger partial charge is 0.456 e. The SMILES string of the molecule is CC[n+]1c(C=C2C=C(C)c3ccccc3O2)sc2ccc(C(F)(F)F)cc21. The zero-order valence-electron chi connectivity index (χ0n) is 14.8. The monoisotopic (exact) mass is 388 g/mol. The second-order valence-corrected chi connectivity index (χ2v) is 7.40. The first-order valence-electron chi connectivity index (χ1n) is 8.57. The van der Waals surface area contributed by atoms with E-state index >= 15 is 0 Å². The first-order chi connectivity index (χ1) is 12.9. The summed E-state index contributed by atoms with van der Waals surface area (Å²) < 4.78 is 47.9. The summed E-state index contributed by atoms with van der Waals surface area (Å²) in [4.78, 5) is 0. The van der Waals surface area contributed by atoms with Crippen LogP contribution in [0, 0.1) is 0 Å². The zero-order valence-corrected chi connectivity index (χ0v) is 15.6. The van der Waals surface area contributed by atoms with Crippen LogP contribution >= 0.6 is 11.3 Å².